The second-order valence-electron chi connectivity index (χ2n) is 7.65. The number of rotatable bonds is 6. The number of benzene rings is 1. The Morgan fingerprint density at radius 1 is 1.17 bits per heavy atom. The van der Waals surface area contributed by atoms with Crippen LogP contribution in [0.4, 0.5) is 10.3 Å². The highest BCUT2D eigenvalue weighted by molar-refractivity contribution is 5.77. The van der Waals surface area contributed by atoms with Gasteiger partial charge in [-0.3, -0.25) is 0 Å². The first kappa shape index (κ1) is 19.5. The van der Waals surface area contributed by atoms with Crippen LogP contribution in [0.5, 0.6) is 5.88 Å². The maximum atomic E-state index is 15.1. The number of hydrogen-bond donors (Lipinski definition) is 1. The third kappa shape index (κ3) is 4.46. The zero-order valence-electron chi connectivity index (χ0n) is 16.5. The number of nitrogens with two attached hydrogens (primary N) is 1. The minimum atomic E-state index is -1.58. The molecule has 0 bridgehead atoms. The summed E-state index contributed by atoms with van der Waals surface area (Å²) in [6.45, 7) is 4.17. The lowest BCUT2D eigenvalue weighted by Gasteiger charge is -2.38. The molecule has 0 saturated carbocycles. The first-order chi connectivity index (χ1) is 13.8. The summed E-state index contributed by atoms with van der Waals surface area (Å²) in [6, 6.07) is 9.71. The molecule has 0 unspecified atom stereocenters. The number of anilines is 1. The van der Waals surface area contributed by atoms with Crippen LogP contribution in [0, 0.1) is 0 Å². The topological polar surface area (TPSA) is 97.3 Å². The molecule has 3 heterocycles. The van der Waals surface area contributed by atoms with Crippen LogP contribution in [0.1, 0.15) is 25.8 Å². The fourth-order valence-corrected chi connectivity index (χ4v) is 3.11. The van der Waals surface area contributed by atoms with E-state index in [1.807, 2.05) is 30.3 Å². The van der Waals surface area contributed by atoms with E-state index in [1.54, 1.807) is 24.7 Å². The molecule has 0 spiro atoms. The molecule has 1 aliphatic rings. The van der Waals surface area contributed by atoms with Gasteiger partial charge < -0.3 is 24.5 Å². The molecule has 9 heteroatoms. The summed E-state index contributed by atoms with van der Waals surface area (Å²) in [5.41, 5.74) is 6.20. The van der Waals surface area contributed by atoms with Crippen molar-refractivity contribution in [1.82, 2.24) is 19.5 Å². The molecule has 29 heavy (non-hydrogen) atoms. The maximum absolute atomic E-state index is 15.1. The van der Waals surface area contributed by atoms with E-state index in [1.165, 1.54) is 0 Å². The second kappa shape index (κ2) is 7.57. The van der Waals surface area contributed by atoms with Crippen molar-refractivity contribution in [2.24, 2.45) is 0 Å². The van der Waals surface area contributed by atoms with Crippen molar-refractivity contribution in [1.29, 1.82) is 0 Å². The van der Waals surface area contributed by atoms with Gasteiger partial charge in [-0.25, -0.2) is 9.37 Å². The van der Waals surface area contributed by atoms with E-state index in [2.05, 4.69) is 15.0 Å². The molecule has 2 N–H and O–H groups in total. The summed E-state index contributed by atoms with van der Waals surface area (Å²) < 4.78 is 33.7. The molecule has 0 radical (unpaired) electrons. The van der Waals surface area contributed by atoms with E-state index in [4.69, 9.17) is 19.9 Å². The van der Waals surface area contributed by atoms with Gasteiger partial charge in [0.15, 0.2) is 22.6 Å². The van der Waals surface area contributed by atoms with Gasteiger partial charge in [0, 0.05) is 13.0 Å². The lowest BCUT2D eigenvalue weighted by atomic mass is 10.0. The van der Waals surface area contributed by atoms with Crippen molar-refractivity contribution in [2.75, 3.05) is 18.9 Å². The molecule has 1 aliphatic heterocycles. The standard InChI is InChI=1S/C20H24FN5O3/c1-19(2)28-11-20(21,12-29-19)8-9-26-13-23-16-15(26)17(25-18(22)24-16)27-10-14-6-4-3-5-7-14/h3-7,13H,8-12H2,1-2H3,(H2,22,24,25). The van der Waals surface area contributed by atoms with Gasteiger partial charge in [-0.1, -0.05) is 30.3 Å². The Balaban J connectivity index is 1.52. The van der Waals surface area contributed by atoms with Crippen LogP contribution in [0.2, 0.25) is 0 Å². The molecule has 0 amide bonds. The Hall–Kier alpha value is -2.78. The fourth-order valence-electron chi connectivity index (χ4n) is 3.11. The van der Waals surface area contributed by atoms with Gasteiger partial charge in [0.2, 0.25) is 11.8 Å². The summed E-state index contributed by atoms with van der Waals surface area (Å²) in [5.74, 6) is -0.371. The number of hydrogen-bond acceptors (Lipinski definition) is 7. The molecule has 0 atom stereocenters. The average molecular weight is 401 g/mol. The van der Waals surface area contributed by atoms with Crippen molar-refractivity contribution in [2.45, 2.75) is 44.9 Å². The SMILES string of the molecule is CC1(C)OCC(F)(CCn2cnc3nc(N)nc(OCc4ccccc4)c32)CO1. The first-order valence-electron chi connectivity index (χ1n) is 9.46. The Labute approximate surface area is 167 Å². The van der Waals surface area contributed by atoms with Gasteiger partial charge in [-0.05, 0) is 19.4 Å². The normalized spacial score (nSPS) is 18.0. The highest BCUT2D eigenvalue weighted by Crippen LogP contribution is 2.30. The Kier molecular flexibility index (Phi) is 5.10. The number of halogens is 1. The number of aromatic nitrogens is 4. The molecular formula is C20H24FN5O3. The van der Waals surface area contributed by atoms with Gasteiger partial charge in [-0.15, -0.1) is 0 Å². The zero-order valence-corrected chi connectivity index (χ0v) is 16.5. The summed E-state index contributed by atoms with van der Waals surface area (Å²) in [5, 5.41) is 0. The number of nitrogen functional groups attached to an aromatic ring is 1. The van der Waals surface area contributed by atoms with Crippen LogP contribution in [0.15, 0.2) is 36.7 Å². The lowest BCUT2D eigenvalue weighted by Crippen LogP contribution is -2.48. The summed E-state index contributed by atoms with van der Waals surface area (Å²) in [7, 11) is 0. The molecule has 8 nitrogen and oxygen atoms in total. The van der Waals surface area contributed by atoms with Crippen LogP contribution in [-0.4, -0.2) is 44.2 Å². The largest absolute Gasteiger partial charge is 0.471 e. The van der Waals surface area contributed by atoms with Crippen molar-refractivity contribution in [3.8, 4) is 5.88 Å². The Bertz CT molecular complexity index is 982. The number of ether oxygens (including phenoxy) is 3. The number of nitrogens with zero attached hydrogens (tertiary/aromatic N) is 4. The molecule has 3 aromatic rings. The second-order valence-corrected chi connectivity index (χ2v) is 7.65. The van der Waals surface area contributed by atoms with E-state index >= 15 is 4.39 Å². The first-order valence-corrected chi connectivity index (χ1v) is 9.46. The molecule has 154 valence electrons. The minimum absolute atomic E-state index is 0.0204. The van der Waals surface area contributed by atoms with Crippen LogP contribution >= 0.6 is 0 Å². The van der Waals surface area contributed by atoms with Crippen molar-refractivity contribution in [3.05, 3.63) is 42.2 Å². The number of imidazole rings is 1. The molecule has 1 fully saturated rings. The molecule has 2 aromatic heterocycles. The third-order valence-corrected chi connectivity index (χ3v) is 4.83. The number of fused-ring (bicyclic) bond motifs is 1. The van der Waals surface area contributed by atoms with Gasteiger partial charge in [0.25, 0.3) is 0 Å². The molecule has 4 rings (SSSR count). The van der Waals surface area contributed by atoms with Crippen LogP contribution in [-0.2, 0) is 22.6 Å². The van der Waals surface area contributed by atoms with Gasteiger partial charge in [0.1, 0.15) is 6.61 Å². The van der Waals surface area contributed by atoms with Crippen molar-refractivity contribution >= 4 is 17.1 Å². The monoisotopic (exact) mass is 401 g/mol. The quantitative estimate of drug-likeness (QED) is 0.678. The molecule has 1 saturated heterocycles. The van der Waals surface area contributed by atoms with E-state index in [0.717, 1.165) is 5.56 Å². The third-order valence-electron chi connectivity index (χ3n) is 4.83. The molecular weight excluding hydrogens is 377 g/mol. The fraction of sp³-hybridized carbons (Fsp3) is 0.450. The molecule has 0 aliphatic carbocycles. The van der Waals surface area contributed by atoms with Crippen molar-refractivity contribution < 1.29 is 18.6 Å². The zero-order chi connectivity index (χ0) is 20.5. The number of alkyl halides is 1. The van der Waals surface area contributed by atoms with E-state index < -0.39 is 11.5 Å². The van der Waals surface area contributed by atoms with Crippen LogP contribution in [0.3, 0.4) is 0 Å². The minimum Gasteiger partial charge on any atom is -0.471 e. The lowest BCUT2D eigenvalue weighted by molar-refractivity contribution is -0.288. The van der Waals surface area contributed by atoms with Gasteiger partial charge >= 0.3 is 0 Å². The summed E-state index contributed by atoms with van der Waals surface area (Å²) in [6.07, 6.45) is 1.78. The van der Waals surface area contributed by atoms with E-state index in [9.17, 15) is 0 Å². The molecule has 1 aromatic carbocycles. The predicted molar refractivity (Wildman–Crippen MR) is 105 cm³/mol. The maximum Gasteiger partial charge on any atom is 0.245 e. The average Bonchev–Trinajstić information content (AvgIpc) is 3.11. The van der Waals surface area contributed by atoms with Gasteiger partial charge in [-0.2, -0.15) is 9.97 Å². The highest BCUT2D eigenvalue weighted by Gasteiger charge is 2.40. The van der Waals surface area contributed by atoms with E-state index in [0.29, 0.717) is 30.2 Å². The Morgan fingerprint density at radius 3 is 2.62 bits per heavy atom. The Morgan fingerprint density at radius 2 is 1.90 bits per heavy atom. The van der Waals surface area contributed by atoms with Crippen molar-refractivity contribution in [3.63, 3.8) is 0 Å². The van der Waals surface area contributed by atoms with Gasteiger partial charge in [0.05, 0.1) is 19.5 Å². The smallest absolute Gasteiger partial charge is 0.245 e. The summed E-state index contributed by atoms with van der Waals surface area (Å²) in [4.78, 5) is 12.6. The predicted octanol–water partition coefficient (Wildman–Crippen LogP) is 2.87. The number of aryl methyl sites for hydroxylation is 1. The van der Waals surface area contributed by atoms with Crippen LogP contribution < -0.4 is 10.5 Å². The van der Waals surface area contributed by atoms with Crippen LogP contribution in [0.25, 0.3) is 11.2 Å². The van der Waals surface area contributed by atoms with E-state index in [-0.39, 0.29) is 25.6 Å². The summed E-state index contributed by atoms with van der Waals surface area (Å²) >= 11 is 0. The highest BCUT2D eigenvalue weighted by atomic mass is 19.1.